The molecule has 1 aliphatic carbocycles. The number of benzene rings is 1. The first-order valence-electron chi connectivity index (χ1n) is 6.93. The van der Waals surface area contributed by atoms with E-state index in [4.69, 9.17) is 5.11 Å². The van der Waals surface area contributed by atoms with E-state index < -0.39 is 15.8 Å². The lowest BCUT2D eigenvalue weighted by atomic mass is 9.83. The van der Waals surface area contributed by atoms with Gasteiger partial charge in [0.05, 0.1) is 10.6 Å². The van der Waals surface area contributed by atoms with Gasteiger partial charge in [-0.1, -0.05) is 31.0 Å². The van der Waals surface area contributed by atoms with Crippen LogP contribution in [0, 0.1) is 5.41 Å². The lowest BCUT2D eigenvalue weighted by Gasteiger charge is -2.28. The van der Waals surface area contributed by atoms with E-state index >= 15 is 0 Å². The zero-order valence-corrected chi connectivity index (χ0v) is 12.2. The molecule has 0 bridgehead atoms. The van der Waals surface area contributed by atoms with Gasteiger partial charge in [-0.25, -0.2) is 8.42 Å². The molecular formula is C15H20O4S. The zero-order chi connectivity index (χ0) is 14.6. The highest BCUT2D eigenvalue weighted by atomic mass is 32.2. The Labute approximate surface area is 119 Å². The summed E-state index contributed by atoms with van der Waals surface area (Å²) in [7, 11) is -3.34. The molecule has 1 saturated carbocycles. The summed E-state index contributed by atoms with van der Waals surface area (Å²) in [5.74, 6) is -0.787. The predicted octanol–water partition coefficient (Wildman–Crippen LogP) is 2.89. The molecular weight excluding hydrogens is 276 g/mol. The van der Waals surface area contributed by atoms with E-state index in [9.17, 15) is 13.2 Å². The van der Waals surface area contributed by atoms with E-state index in [2.05, 4.69) is 0 Å². The fraction of sp³-hybridized carbons (Fsp3) is 0.533. The van der Waals surface area contributed by atoms with Crippen molar-refractivity contribution in [3.63, 3.8) is 0 Å². The van der Waals surface area contributed by atoms with Crippen molar-refractivity contribution in [2.24, 2.45) is 5.41 Å². The molecule has 0 heterocycles. The SMILES string of the molecule is O=C(O)CCC1(CS(=O)(=O)c2ccccc2)CCCC1. The van der Waals surface area contributed by atoms with Gasteiger partial charge in [-0.15, -0.1) is 0 Å². The van der Waals surface area contributed by atoms with Crippen LogP contribution in [0.2, 0.25) is 0 Å². The highest BCUT2D eigenvalue weighted by Crippen LogP contribution is 2.44. The minimum atomic E-state index is -3.34. The van der Waals surface area contributed by atoms with Gasteiger partial charge < -0.3 is 5.11 Å². The van der Waals surface area contributed by atoms with Gasteiger partial charge in [0, 0.05) is 6.42 Å². The average Bonchev–Trinajstić information content (AvgIpc) is 2.86. The topological polar surface area (TPSA) is 71.4 Å². The van der Waals surface area contributed by atoms with Crippen molar-refractivity contribution in [3.05, 3.63) is 30.3 Å². The summed E-state index contributed by atoms with van der Waals surface area (Å²) in [6.07, 6.45) is 4.10. The summed E-state index contributed by atoms with van der Waals surface area (Å²) >= 11 is 0. The number of carbonyl (C=O) groups is 1. The van der Waals surface area contributed by atoms with E-state index in [0.29, 0.717) is 11.3 Å². The maximum atomic E-state index is 12.5. The van der Waals surface area contributed by atoms with Crippen molar-refractivity contribution in [2.45, 2.75) is 43.4 Å². The second-order valence-corrected chi connectivity index (χ2v) is 7.66. The van der Waals surface area contributed by atoms with Crippen LogP contribution in [0.25, 0.3) is 0 Å². The van der Waals surface area contributed by atoms with Gasteiger partial charge in [-0.3, -0.25) is 4.79 Å². The molecule has 1 aromatic rings. The van der Waals surface area contributed by atoms with Crippen molar-refractivity contribution in [1.82, 2.24) is 0 Å². The smallest absolute Gasteiger partial charge is 0.303 e. The number of sulfone groups is 1. The normalized spacial score (nSPS) is 18.0. The third-order valence-corrected chi connectivity index (χ3v) is 6.11. The Kier molecular flexibility index (Phi) is 4.48. The molecule has 20 heavy (non-hydrogen) atoms. The summed E-state index contributed by atoms with van der Waals surface area (Å²) in [6.45, 7) is 0. The first kappa shape index (κ1) is 15.0. The third-order valence-electron chi connectivity index (χ3n) is 4.13. The Balaban J connectivity index is 2.18. The van der Waals surface area contributed by atoms with Crippen LogP contribution in [0.5, 0.6) is 0 Å². The molecule has 0 saturated heterocycles. The first-order chi connectivity index (χ1) is 9.44. The van der Waals surface area contributed by atoms with Gasteiger partial charge in [0.2, 0.25) is 0 Å². The van der Waals surface area contributed by atoms with Crippen LogP contribution in [0.1, 0.15) is 38.5 Å². The monoisotopic (exact) mass is 296 g/mol. The first-order valence-corrected chi connectivity index (χ1v) is 8.58. The molecule has 1 fully saturated rings. The quantitative estimate of drug-likeness (QED) is 0.876. The van der Waals surface area contributed by atoms with Crippen molar-refractivity contribution in [1.29, 1.82) is 0 Å². The Morgan fingerprint density at radius 2 is 1.75 bits per heavy atom. The Morgan fingerprint density at radius 1 is 1.15 bits per heavy atom. The number of hydrogen-bond donors (Lipinski definition) is 1. The molecule has 1 aliphatic rings. The second-order valence-electron chi connectivity index (χ2n) is 5.67. The van der Waals surface area contributed by atoms with Crippen molar-refractivity contribution in [3.8, 4) is 0 Å². The summed E-state index contributed by atoms with van der Waals surface area (Å²) in [5, 5.41) is 8.85. The van der Waals surface area contributed by atoms with Crippen LogP contribution in [0.3, 0.4) is 0 Å². The second kappa shape index (κ2) is 5.95. The molecule has 0 amide bonds. The lowest BCUT2D eigenvalue weighted by molar-refractivity contribution is -0.137. The van der Waals surface area contributed by atoms with Gasteiger partial charge in [-0.05, 0) is 36.8 Å². The molecule has 0 spiro atoms. The van der Waals surface area contributed by atoms with E-state index in [1.165, 1.54) is 0 Å². The highest BCUT2D eigenvalue weighted by molar-refractivity contribution is 7.91. The molecule has 1 aromatic carbocycles. The molecule has 0 atom stereocenters. The predicted molar refractivity (Wildman–Crippen MR) is 76.3 cm³/mol. The Bertz CT molecular complexity index is 557. The number of hydrogen-bond acceptors (Lipinski definition) is 3. The molecule has 5 heteroatoms. The van der Waals surface area contributed by atoms with Crippen LogP contribution in [-0.4, -0.2) is 25.2 Å². The highest BCUT2D eigenvalue weighted by Gasteiger charge is 2.38. The molecule has 0 unspecified atom stereocenters. The molecule has 0 radical (unpaired) electrons. The zero-order valence-electron chi connectivity index (χ0n) is 11.4. The van der Waals surface area contributed by atoms with Crippen molar-refractivity contribution < 1.29 is 18.3 Å². The van der Waals surface area contributed by atoms with E-state index in [0.717, 1.165) is 25.7 Å². The summed E-state index contributed by atoms with van der Waals surface area (Å²) in [5.41, 5.74) is -0.354. The minimum Gasteiger partial charge on any atom is -0.481 e. The van der Waals surface area contributed by atoms with Crippen LogP contribution in [-0.2, 0) is 14.6 Å². The summed E-state index contributed by atoms with van der Waals surface area (Å²) in [6, 6.07) is 8.43. The van der Waals surface area contributed by atoms with Crippen LogP contribution >= 0.6 is 0 Å². The fourth-order valence-corrected chi connectivity index (χ4v) is 5.06. The van der Waals surface area contributed by atoms with Gasteiger partial charge in [0.1, 0.15) is 0 Å². The third kappa shape index (κ3) is 3.60. The summed E-state index contributed by atoms with van der Waals surface area (Å²) in [4.78, 5) is 11.1. The van der Waals surface area contributed by atoms with Gasteiger partial charge >= 0.3 is 5.97 Å². The molecule has 4 nitrogen and oxygen atoms in total. The van der Waals surface area contributed by atoms with Gasteiger partial charge in [0.15, 0.2) is 9.84 Å². The average molecular weight is 296 g/mol. The minimum absolute atomic E-state index is 0.0459. The Hall–Kier alpha value is -1.36. The standard InChI is InChI=1S/C15H20O4S/c16-14(17)8-11-15(9-4-5-10-15)12-20(18,19)13-6-2-1-3-7-13/h1-3,6-7H,4-5,8-12H2,(H,16,17). The number of carboxylic acids is 1. The van der Waals surface area contributed by atoms with E-state index in [1.54, 1.807) is 30.3 Å². The number of rotatable bonds is 6. The lowest BCUT2D eigenvalue weighted by Crippen LogP contribution is -2.28. The largest absolute Gasteiger partial charge is 0.481 e. The van der Waals surface area contributed by atoms with E-state index in [1.807, 2.05) is 0 Å². The van der Waals surface area contributed by atoms with Crippen LogP contribution in [0.4, 0.5) is 0 Å². The molecule has 110 valence electrons. The van der Waals surface area contributed by atoms with E-state index in [-0.39, 0.29) is 17.6 Å². The molecule has 0 aromatic heterocycles. The molecule has 1 N–H and O–H groups in total. The van der Waals surface area contributed by atoms with Gasteiger partial charge in [0.25, 0.3) is 0 Å². The summed E-state index contributed by atoms with van der Waals surface area (Å²) < 4.78 is 25.0. The van der Waals surface area contributed by atoms with Gasteiger partial charge in [-0.2, -0.15) is 0 Å². The maximum Gasteiger partial charge on any atom is 0.303 e. The van der Waals surface area contributed by atoms with Crippen LogP contribution in [0.15, 0.2) is 35.2 Å². The maximum absolute atomic E-state index is 12.5. The number of carboxylic acid groups (broad SMARTS) is 1. The Morgan fingerprint density at radius 3 is 2.30 bits per heavy atom. The molecule has 2 rings (SSSR count). The number of aliphatic carboxylic acids is 1. The van der Waals surface area contributed by atoms with Crippen molar-refractivity contribution >= 4 is 15.8 Å². The van der Waals surface area contributed by atoms with Crippen molar-refractivity contribution in [2.75, 3.05) is 5.75 Å². The fourth-order valence-electron chi connectivity index (χ4n) is 3.08. The van der Waals surface area contributed by atoms with Crippen LogP contribution < -0.4 is 0 Å². The molecule has 0 aliphatic heterocycles.